The number of amides is 1. The van der Waals surface area contributed by atoms with Gasteiger partial charge in [0, 0.05) is 18.0 Å². The maximum atomic E-state index is 12.0. The number of unbranched alkanes of at least 4 members (excludes halogenated alkanes) is 1. The van der Waals surface area contributed by atoms with Crippen molar-refractivity contribution in [1.29, 1.82) is 0 Å². The van der Waals surface area contributed by atoms with Gasteiger partial charge in [0.25, 0.3) is 0 Å². The summed E-state index contributed by atoms with van der Waals surface area (Å²) in [6.45, 7) is -2.94. The Hall–Kier alpha value is -1.07. The van der Waals surface area contributed by atoms with Gasteiger partial charge in [-0.05, 0) is 31.0 Å². The molecule has 0 radical (unpaired) electrons. The second-order valence-electron chi connectivity index (χ2n) is 3.72. The number of nitrogens with one attached hydrogen (secondary N) is 1. The van der Waals surface area contributed by atoms with Crippen molar-refractivity contribution in [1.82, 2.24) is 0 Å². The van der Waals surface area contributed by atoms with Crippen LogP contribution in [0.4, 0.5) is 14.5 Å². The third-order valence-electron chi connectivity index (χ3n) is 2.22. The molecule has 106 valence electrons. The monoisotopic (exact) mass is 311 g/mol. The Balaban J connectivity index is 2.55. The van der Waals surface area contributed by atoms with E-state index in [2.05, 4.69) is 10.1 Å². The highest BCUT2D eigenvalue weighted by molar-refractivity contribution is 6.32. The summed E-state index contributed by atoms with van der Waals surface area (Å²) in [5.41, 5.74) is 0.433. The van der Waals surface area contributed by atoms with E-state index in [1.165, 1.54) is 18.2 Å². The van der Waals surface area contributed by atoms with Gasteiger partial charge in [0.2, 0.25) is 5.91 Å². The Bertz CT molecular complexity index is 430. The zero-order valence-electron chi connectivity index (χ0n) is 9.97. The maximum Gasteiger partial charge on any atom is 0.387 e. The first kappa shape index (κ1) is 16.0. The molecule has 1 rings (SSSR count). The van der Waals surface area contributed by atoms with Crippen molar-refractivity contribution in [2.75, 3.05) is 11.2 Å². The Morgan fingerprint density at radius 2 is 2.11 bits per heavy atom. The maximum absolute atomic E-state index is 12.0. The van der Waals surface area contributed by atoms with Gasteiger partial charge < -0.3 is 10.1 Å². The van der Waals surface area contributed by atoms with Crippen molar-refractivity contribution >= 4 is 34.8 Å². The molecule has 0 saturated heterocycles. The van der Waals surface area contributed by atoms with Gasteiger partial charge in [-0.15, -0.1) is 11.6 Å². The van der Waals surface area contributed by atoms with E-state index in [1.54, 1.807) is 0 Å². The Morgan fingerprint density at radius 1 is 1.37 bits per heavy atom. The van der Waals surface area contributed by atoms with Crippen LogP contribution in [0.15, 0.2) is 18.2 Å². The smallest absolute Gasteiger partial charge is 0.387 e. The molecule has 0 atom stereocenters. The molecule has 1 aromatic rings. The second kappa shape index (κ2) is 8.17. The highest BCUT2D eigenvalue weighted by atomic mass is 35.5. The average molecular weight is 312 g/mol. The van der Waals surface area contributed by atoms with Gasteiger partial charge in [-0.3, -0.25) is 4.79 Å². The first-order valence-corrected chi connectivity index (χ1v) is 6.54. The lowest BCUT2D eigenvalue weighted by Gasteiger charge is -2.09. The van der Waals surface area contributed by atoms with Crippen molar-refractivity contribution in [2.45, 2.75) is 25.9 Å². The van der Waals surface area contributed by atoms with Crippen LogP contribution in [0, 0.1) is 0 Å². The second-order valence-corrected chi connectivity index (χ2v) is 4.50. The number of hydrogen-bond donors (Lipinski definition) is 1. The lowest BCUT2D eigenvalue weighted by Crippen LogP contribution is -2.11. The number of carbonyl (C=O) groups excluding carboxylic acids is 1. The first-order chi connectivity index (χ1) is 9.02. The molecule has 0 fully saturated rings. The van der Waals surface area contributed by atoms with Crippen LogP contribution >= 0.6 is 23.2 Å². The fourth-order valence-corrected chi connectivity index (χ4v) is 1.79. The predicted molar refractivity (Wildman–Crippen MR) is 71.3 cm³/mol. The third-order valence-corrected chi connectivity index (χ3v) is 2.78. The minimum absolute atomic E-state index is 0.0128. The Morgan fingerprint density at radius 3 is 2.68 bits per heavy atom. The summed E-state index contributed by atoms with van der Waals surface area (Å²) in [6.07, 6.45) is 1.80. The summed E-state index contributed by atoms with van der Waals surface area (Å²) in [5, 5.41) is 2.63. The summed E-state index contributed by atoms with van der Waals surface area (Å²) < 4.78 is 28.2. The highest BCUT2D eigenvalue weighted by Gasteiger charge is 2.10. The van der Waals surface area contributed by atoms with Gasteiger partial charge in [-0.25, -0.2) is 0 Å². The van der Waals surface area contributed by atoms with Gasteiger partial charge in [0.15, 0.2) is 0 Å². The van der Waals surface area contributed by atoms with Gasteiger partial charge >= 0.3 is 6.61 Å². The summed E-state index contributed by atoms with van der Waals surface area (Å²) in [5.74, 6) is 0.208. The minimum atomic E-state index is -2.94. The van der Waals surface area contributed by atoms with Crippen LogP contribution < -0.4 is 10.1 Å². The van der Waals surface area contributed by atoms with Crippen LogP contribution in [0.5, 0.6) is 5.75 Å². The average Bonchev–Trinajstić information content (AvgIpc) is 2.32. The van der Waals surface area contributed by atoms with Crippen molar-refractivity contribution < 1.29 is 18.3 Å². The third kappa shape index (κ3) is 6.07. The molecule has 1 aromatic carbocycles. The van der Waals surface area contributed by atoms with E-state index >= 15 is 0 Å². The van der Waals surface area contributed by atoms with E-state index in [0.29, 0.717) is 24.4 Å². The number of ether oxygens (including phenoxy) is 1. The molecule has 0 saturated carbocycles. The Labute approximate surface area is 119 Å². The number of rotatable bonds is 7. The molecule has 0 aliphatic carbocycles. The van der Waals surface area contributed by atoms with Crippen LogP contribution in [0.2, 0.25) is 5.02 Å². The molecule has 7 heteroatoms. The molecule has 0 unspecified atom stereocenters. The topological polar surface area (TPSA) is 38.3 Å². The number of benzene rings is 1. The van der Waals surface area contributed by atoms with Gasteiger partial charge in [0.1, 0.15) is 5.75 Å². The molecule has 0 spiro atoms. The fourth-order valence-electron chi connectivity index (χ4n) is 1.37. The van der Waals surface area contributed by atoms with E-state index in [-0.39, 0.29) is 16.7 Å². The zero-order valence-corrected chi connectivity index (χ0v) is 11.5. The minimum Gasteiger partial charge on any atom is -0.433 e. The molecule has 0 aliphatic rings. The lowest BCUT2D eigenvalue weighted by molar-refractivity contribution is -0.116. The van der Waals surface area contributed by atoms with Gasteiger partial charge in [-0.1, -0.05) is 11.6 Å². The molecule has 0 aliphatic heterocycles. The van der Waals surface area contributed by atoms with Crippen molar-refractivity contribution in [3.8, 4) is 5.75 Å². The molecule has 19 heavy (non-hydrogen) atoms. The molecule has 1 amide bonds. The summed E-state index contributed by atoms with van der Waals surface area (Å²) in [7, 11) is 0. The fraction of sp³-hybridized carbons (Fsp3) is 0.417. The first-order valence-electron chi connectivity index (χ1n) is 5.63. The normalized spacial score (nSPS) is 10.6. The quantitative estimate of drug-likeness (QED) is 0.602. The summed E-state index contributed by atoms with van der Waals surface area (Å²) >= 11 is 11.3. The van der Waals surface area contributed by atoms with Crippen LogP contribution in [-0.4, -0.2) is 18.4 Å². The van der Waals surface area contributed by atoms with Crippen LogP contribution in [0.25, 0.3) is 0 Å². The Kier molecular flexibility index (Phi) is 6.87. The number of carbonyl (C=O) groups is 1. The molecule has 0 bridgehead atoms. The van der Waals surface area contributed by atoms with E-state index in [9.17, 15) is 13.6 Å². The number of alkyl halides is 3. The van der Waals surface area contributed by atoms with Gasteiger partial charge in [0.05, 0.1) is 5.02 Å². The van der Waals surface area contributed by atoms with Crippen LogP contribution in [-0.2, 0) is 4.79 Å². The molecule has 0 aromatic heterocycles. The zero-order chi connectivity index (χ0) is 14.3. The van der Waals surface area contributed by atoms with E-state index in [4.69, 9.17) is 23.2 Å². The number of anilines is 1. The summed E-state index contributed by atoms with van der Waals surface area (Å²) in [6, 6.07) is 4.09. The predicted octanol–water partition coefficient (Wildman–Crippen LogP) is 4.29. The van der Waals surface area contributed by atoms with Crippen LogP contribution in [0.3, 0.4) is 0 Å². The molecular weight excluding hydrogens is 299 g/mol. The van der Waals surface area contributed by atoms with E-state index in [0.717, 1.165) is 6.42 Å². The van der Waals surface area contributed by atoms with Crippen molar-refractivity contribution in [3.05, 3.63) is 23.2 Å². The highest BCUT2D eigenvalue weighted by Crippen LogP contribution is 2.28. The lowest BCUT2D eigenvalue weighted by atomic mass is 10.2. The van der Waals surface area contributed by atoms with E-state index < -0.39 is 6.61 Å². The van der Waals surface area contributed by atoms with Crippen molar-refractivity contribution in [3.63, 3.8) is 0 Å². The number of halogens is 4. The number of hydrogen-bond acceptors (Lipinski definition) is 2. The van der Waals surface area contributed by atoms with Crippen molar-refractivity contribution in [2.24, 2.45) is 0 Å². The standard InChI is InChI=1S/C12H13Cl2F2NO2/c13-6-2-1-3-11(18)17-8-4-5-10(9(14)7-8)19-12(15)16/h4-5,7,12H,1-3,6H2,(H,17,18). The largest absolute Gasteiger partial charge is 0.433 e. The van der Waals surface area contributed by atoms with Crippen LogP contribution in [0.1, 0.15) is 19.3 Å². The molecular formula is C12H13Cl2F2NO2. The van der Waals surface area contributed by atoms with Gasteiger partial charge in [-0.2, -0.15) is 8.78 Å². The SMILES string of the molecule is O=C(CCCCCl)Nc1ccc(OC(F)F)c(Cl)c1. The molecule has 0 heterocycles. The van der Waals surface area contributed by atoms with E-state index in [1.807, 2.05) is 0 Å². The summed E-state index contributed by atoms with van der Waals surface area (Å²) in [4.78, 5) is 11.5. The molecule has 3 nitrogen and oxygen atoms in total. The molecule has 1 N–H and O–H groups in total.